The molecule has 0 aliphatic rings. The Hall–Kier alpha value is -1.81. The molecular weight excluding hydrogens is 294 g/mol. The lowest BCUT2D eigenvalue weighted by Gasteiger charge is -2.28. The lowest BCUT2D eigenvalue weighted by Crippen LogP contribution is -2.57. The van der Waals surface area contributed by atoms with Crippen molar-refractivity contribution in [2.45, 2.75) is 5.54 Å². The highest BCUT2D eigenvalue weighted by Gasteiger charge is 2.32. The van der Waals surface area contributed by atoms with Crippen molar-refractivity contribution in [1.29, 1.82) is 0 Å². The number of halogens is 1. The molecule has 1 aromatic rings. The van der Waals surface area contributed by atoms with Gasteiger partial charge in [-0.3, -0.25) is 14.9 Å². The van der Waals surface area contributed by atoms with Crippen LogP contribution >= 0.6 is 11.6 Å². The predicted molar refractivity (Wildman–Crippen MR) is 67.4 cm³/mol. The Kier molecular flexibility index (Phi) is 5.34. The first-order valence-electron chi connectivity index (χ1n) is 5.34. The smallest absolute Gasteiger partial charge is 0.300 e. The number of rotatable bonds is 6. The summed E-state index contributed by atoms with van der Waals surface area (Å²) >= 11 is 5.58. The molecule has 1 rings (SSSR count). The van der Waals surface area contributed by atoms with Crippen LogP contribution in [0.15, 0.2) is 12.3 Å². The summed E-state index contributed by atoms with van der Waals surface area (Å²) in [5, 5.41) is 40.1. The molecule has 0 unspecified atom stereocenters. The van der Waals surface area contributed by atoms with Gasteiger partial charge in [-0.15, -0.1) is 0 Å². The van der Waals surface area contributed by atoms with E-state index in [1.54, 1.807) is 0 Å². The van der Waals surface area contributed by atoms with E-state index in [0.29, 0.717) is 0 Å². The fourth-order valence-corrected chi connectivity index (χ4v) is 1.48. The van der Waals surface area contributed by atoms with Gasteiger partial charge < -0.3 is 20.6 Å². The Morgan fingerprint density at radius 2 is 1.95 bits per heavy atom. The number of hydrogen-bond donors (Lipinski definition) is 4. The molecule has 0 aliphatic heterocycles. The van der Waals surface area contributed by atoms with E-state index in [-0.39, 0.29) is 5.15 Å². The molecule has 0 fully saturated rings. The second-order valence-corrected chi connectivity index (χ2v) is 4.38. The fraction of sp³-hybridized carbons (Fsp3) is 0.400. The SMILES string of the molecule is O=C(NC(CO)(CO)CO)c1cc(Cl)ncc1[N+](=O)[O-]. The summed E-state index contributed by atoms with van der Waals surface area (Å²) in [5.41, 5.74) is -2.68. The summed E-state index contributed by atoms with van der Waals surface area (Å²) in [6, 6.07) is 0.978. The molecule has 110 valence electrons. The number of carbonyl (C=O) groups excluding carboxylic acids is 1. The number of hydrogen-bond acceptors (Lipinski definition) is 7. The molecule has 20 heavy (non-hydrogen) atoms. The maximum atomic E-state index is 12.0. The molecule has 0 saturated carbocycles. The van der Waals surface area contributed by atoms with Crippen molar-refractivity contribution in [2.24, 2.45) is 0 Å². The highest BCUT2D eigenvalue weighted by atomic mass is 35.5. The molecule has 0 radical (unpaired) electrons. The molecule has 0 aliphatic carbocycles. The molecule has 0 spiro atoms. The van der Waals surface area contributed by atoms with Crippen LogP contribution < -0.4 is 5.32 Å². The maximum absolute atomic E-state index is 12.0. The Morgan fingerprint density at radius 1 is 1.40 bits per heavy atom. The van der Waals surface area contributed by atoms with E-state index in [9.17, 15) is 14.9 Å². The van der Waals surface area contributed by atoms with Gasteiger partial charge in [0.15, 0.2) is 0 Å². The summed E-state index contributed by atoms with van der Waals surface area (Å²) in [6.07, 6.45) is 0.815. The zero-order chi connectivity index (χ0) is 15.3. The number of nitrogens with one attached hydrogen (secondary N) is 1. The van der Waals surface area contributed by atoms with Gasteiger partial charge >= 0.3 is 0 Å². The highest BCUT2D eigenvalue weighted by molar-refractivity contribution is 6.29. The van der Waals surface area contributed by atoms with Crippen LogP contribution in [0.4, 0.5) is 5.69 Å². The third kappa shape index (κ3) is 3.39. The monoisotopic (exact) mass is 305 g/mol. The average molecular weight is 306 g/mol. The van der Waals surface area contributed by atoms with Crippen LogP contribution in [0.2, 0.25) is 5.15 Å². The predicted octanol–water partition coefficient (Wildman–Crippen LogP) is -0.911. The van der Waals surface area contributed by atoms with Gasteiger partial charge in [-0.25, -0.2) is 4.98 Å². The molecule has 1 aromatic heterocycles. The van der Waals surface area contributed by atoms with Gasteiger partial charge in [-0.2, -0.15) is 0 Å². The van der Waals surface area contributed by atoms with Gasteiger partial charge in [-0.05, 0) is 6.07 Å². The Morgan fingerprint density at radius 3 is 2.40 bits per heavy atom. The van der Waals surface area contributed by atoms with E-state index < -0.39 is 47.4 Å². The minimum absolute atomic E-state index is 0.136. The number of pyridine rings is 1. The lowest BCUT2D eigenvalue weighted by atomic mass is 10.0. The molecule has 0 bridgehead atoms. The van der Waals surface area contributed by atoms with Crippen LogP contribution in [0, 0.1) is 10.1 Å². The minimum atomic E-state index is -1.69. The minimum Gasteiger partial charge on any atom is -0.394 e. The van der Waals surface area contributed by atoms with Crippen LogP contribution in [0.5, 0.6) is 0 Å². The third-order valence-corrected chi connectivity index (χ3v) is 2.78. The van der Waals surface area contributed by atoms with Gasteiger partial charge in [0.1, 0.15) is 22.5 Å². The zero-order valence-corrected chi connectivity index (χ0v) is 10.9. The molecule has 1 amide bonds. The number of aliphatic hydroxyl groups excluding tert-OH is 3. The maximum Gasteiger partial charge on any atom is 0.300 e. The number of aromatic nitrogens is 1. The summed E-state index contributed by atoms with van der Waals surface area (Å²) in [5.74, 6) is -0.974. The van der Waals surface area contributed by atoms with E-state index in [1.807, 2.05) is 0 Å². The number of aliphatic hydroxyl groups is 3. The molecule has 0 saturated heterocycles. The first-order valence-corrected chi connectivity index (χ1v) is 5.72. The molecular formula is C10H12ClN3O6. The molecule has 4 N–H and O–H groups in total. The number of carbonyl (C=O) groups is 1. The second kappa shape index (κ2) is 6.57. The summed E-state index contributed by atoms with van der Waals surface area (Å²) in [4.78, 5) is 25.5. The van der Waals surface area contributed by atoms with Crippen molar-refractivity contribution in [3.05, 3.63) is 33.1 Å². The molecule has 1 heterocycles. The van der Waals surface area contributed by atoms with Gasteiger partial charge in [0, 0.05) is 0 Å². The highest BCUT2D eigenvalue weighted by Crippen LogP contribution is 2.21. The quantitative estimate of drug-likeness (QED) is 0.302. The summed E-state index contributed by atoms with van der Waals surface area (Å²) < 4.78 is 0. The standard InChI is InChI=1S/C10H12ClN3O6/c11-8-1-6(7(2-12-8)14(19)20)9(18)13-10(3-15,4-16)5-17/h1-2,15-17H,3-5H2,(H,13,18). The van der Waals surface area contributed by atoms with Gasteiger partial charge in [0.25, 0.3) is 11.6 Å². The molecule has 10 heteroatoms. The van der Waals surface area contributed by atoms with E-state index in [4.69, 9.17) is 26.9 Å². The van der Waals surface area contributed by atoms with E-state index in [1.165, 1.54) is 0 Å². The van der Waals surface area contributed by atoms with Crippen LogP contribution in [-0.4, -0.2) is 56.5 Å². The van der Waals surface area contributed by atoms with Crippen molar-refractivity contribution < 1.29 is 25.0 Å². The first kappa shape index (κ1) is 16.2. The van der Waals surface area contributed by atoms with E-state index >= 15 is 0 Å². The second-order valence-electron chi connectivity index (χ2n) is 3.99. The first-order chi connectivity index (χ1) is 9.39. The number of amides is 1. The van der Waals surface area contributed by atoms with Crippen LogP contribution in [-0.2, 0) is 0 Å². The van der Waals surface area contributed by atoms with Gasteiger partial charge in [-0.1, -0.05) is 11.6 Å². The number of nitro groups is 1. The molecule has 0 aromatic carbocycles. The van der Waals surface area contributed by atoms with Crippen molar-refractivity contribution in [2.75, 3.05) is 19.8 Å². The van der Waals surface area contributed by atoms with Crippen molar-refractivity contribution in [3.8, 4) is 0 Å². The molecule has 0 atom stereocenters. The largest absolute Gasteiger partial charge is 0.394 e. The lowest BCUT2D eigenvalue weighted by molar-refractivity contribution is -0.385. The van der Waals surface area contributed by atoms with Crippen LogP contribution in [0.1, 0.15) is 10.4 Å². The Labute approximate surface area is 118 Å². The van der Waals surface area contributed by atoms with Gasteiger partial charge in [0.2, 0.25) is 0 Å². The Bertz CT molecular complexity index is 511. The Balaban J connectivity index is 3.15. The van der Waals surface area contributed by atoms with Crippen molar-refractivity contribution in [1.82, 2.24) is 10.3 Å². The molecule has 9 nitrogen and oxygen atoms in total. The fourth-order valence-electron chi connectivity index (χ4n) is 1.33. The topological polar surface area (TPSA) is 146 Å². The van der Waals surface area contributed by atoms with Crippen molar-refractivity contribution in [3.63, 3.8) is 0 Å². The van der Waals surface area contributed by atoms with Gasteiger partial charge in [0.05, 0.1) is 24.7 Å². The summed E-state index contributed by atoms with van der Waals surface area (Å²) in [7, 11) is 0. The van der Waals surface area contributed by atoms with Crippen molar-refractivity contribution >= 4 is 23.2 Å². The zero-order valence-electron chi connectivity index (χ0n) is 10.1. The number of nitrogens with zero attached hydrogens (tertiary/aromatic N) is 2. The van der Waals surface area contributed by atoms with Crippen LogP contribution in [0.25, 0.3) is 0 Å². The summed E-state index contributed by atoms with van der Waals surface area (Å²) in [6.45, 7) is -2.25. The van der Waals surface area contributed by atoms with E-state index in [0.717, 1.165) is 12.3 Å². The normalized spacial score (nSPS) is 11.2. The van der Waals surface area contributed by atoms with E-state index in [2.05, 4.69) is 10.3 Å². The third-order valence-electron chi connectivity index (χ3n) is 2.58. The average Bonchev–Trinajstić information content (AvgIpc) is 2.44. The van der Waals surface area contributed by atoms with Crippen LogP contribution in [0.3, 0.4) is 0 Å².